The second-order valence-electron chi connectivity index (χ2n) is 5.44. The molecule has 0 aromatic carbocycles. The van der Waals surface area contributed by atoms with E-state index in [4.69, 9.17) is 0 Å². The molecule has 1 aliphatic carbocycles. The predicted molar refractivity (Wildman–Crippen MR) is 89.2 cm³/mol. The minimum atomic E-state index is -0.452. The van der Waals surface area contributed by atoms with Crippen LogP contribution in [0.4, 0.5) is 0 Å². The van der Waals surface area contributed by atoms with Crippen molar-refractivity contribution in [3.8, 4) is 0 Å². The molecule has 7 heteroatoms. The highest BCUT2D eigenvalue weighted by molar-refractivity contribution is 7.10. The molecule has 0 unspecified atom stereocenters. The molecular formula is C16H21N3O3S. The molecule has 124 valence electrons. The van der Waals surface area contributed by atoms with E-state index in [1.165, 1.54) is 23.8 Å². The Morgan fingerprint density at radius 3 is 2.65 bits per heavy atom. The van der Waals surface area contributed by atoms with Crippen LogP contribution in [0.5, 0.6) is 0 Å². The maximum absolute atomic E-state index is 11.9. The molecular weight excluding hydrogens is 314 g/mol. The summed E-state index contributed by atoms with van der Waals surface area (Å²) in [6, 6.07) is 3.77. The van der Waals surface area contributed by atoms with Crippen LogP contribution in [-0.4, -0.2) is 24.3 Å². The number of amides is 3. The third kappa shape index (κ3) is 6.23. The Balaban J connectivity index is 1.62. The summed E-state index contributed by atoms with van der Waals surface area (Å²) in [5, 5.41) is 4.52. The summed E-state index contributed by atoms with van der Waals surface area (Å²) in [7, 11) is 0. The summed E-state index contributed by atoms with van der Waals surface area (Å²) < 4.78 is 0. The van der Waals surface area contributed by atoms with Gasteiger partial charge in [-0.05, 0) is 30.4 Å². The molecule has 0 saturated heterocycles. The van der Waals surface area contributed by atoms with Crippen LogP contribution in [0.3, 0.4) is 0 Å². The molecule has 1 aromatic heterocycles. The largest absolute Gasteiger partial charge is 0.347 e. The van der Waals surface area contributed by atoms with Crippen LogP contribution in [0.2, 0.25) is 0 Å². The molecule has 6 nitrogen and oxygen atoms in total. The maximum atomic E-state index is 11.9. The third-order valence-corrected chi connectivity index (χ3v) is 4.50. The predicted octanol–water partition coefficient (Wildman–Crippen LogP) is 1.61. The summed E-state index contributed by atoms with van der Waals surface area (Å²) in [5.41, 5.74) is 4.55. The van der Waals surface area contributed by atoms with E-state index in [2.05, 4.69) is 16.2 Å². The van der Waals surface area contributed by atoms with Gasteiger partial charge in [-0.3, -0.25) is 25.2 Å². The fourth-order valence-electron chi connectivity index (χ4n) is 2.44. The van der Waals surface area contributed by atoms with Crippen molar-refractivity contribution in [2.24, 2.45) is 5.92 Å². The normalized spacial score (nSPS) is 15.3. The quantitative estimate of drug-likeness (QED) is 0.564. The molecule has 1 aliphatic rings. The number of hydrogen-bond donors (Lipinski definition) is 3. The van der Waals surface area contributed by atoms with Crippen molar-refractivity contribution in [2.75, 3.05) is 6.54 Å². The lowest BCUT2D eigenvalue weighted by molar-refractivity contribution is -0.130. The Labute approximate surface area is 139 Å². The van der Waals surface area contributed by atoms with Crippen molar-refractivity contribution in [1.29, 1.82) is 0 Å². The molecule has 1 aromatic rings. The Morgan fingerprint density at radius 2 is 1.96 bits per heavy atom. The van der Waals surface area contributed by atoms with Crippen molar-refractivity contribution in [3.63, 3.8) is 0 Å². The van der Waals surface area contributed by atoms with Crippen molar-refractivity contribution >= 4 is 35.1 Å². The highest BCUT2D eigenvalue weighted by Crippen LogP contribution is 2.23. The van der Waals surface area contributed by atoms with Crippen LogP contribution in [-0.2, 0) is 14.4 Å². The topological polar surface area (TPSA) is 87.3 Å². The van der Waals surface area contributed by atoms with E-state index in [1.54, 1.807) is 6.08 Å². The van der Waals surface area contributed by atoms with E-state index in [-0.39, 0.29) is 18.4 Å². The van der Waals surface area contributed by atoms with E-state index in [0.29, 0.717) is 0 Å². The van der Waals surface area contributed by atoms with Gasteiger partial charge < -0.3 is 5.32 Å². The van der Waals surface area contributed by atoms with Crippen LogP contribution < -0.4 is 16.2 Å². The van der Waals surface area contributed by atoms with Crippen LogP contribution in [0.15, 0.2) is 23.6 Å². The number of hydrazine groups is 1. The number of rotatable bonds is 5. The van der Waals surface area contributed by atoms with Gasteiger partial charge in [0.05, 0.1) is 6.54 Å². The van der Waals surface area contributed by atoms with E-state index >= 15 is 0 Å². The van der Waals surface area contributed by atoms with Gasteiger partial charge in [0.1, 0.15) is 0 Å². The monoisotopic (exact) mass is 335 g/mol. The van der Waals surface area contributed by atoms with Crippen LogP contribution in [0.25, 0.3) is 6.08 Å². The molecule has 2 rings (SSSR count). The van der Waals surface area contributed by atoms with Crippen molar-refractivity contribution < 1.29 is 14.4 Å². The highest BCUT2D eigenvalue weighted by atomic mass is 32.1. The second-order valence-corrected chi connectivity index (χ2v) is 6.42. The Kier molecular flexibility index (Phi) is 6.80. The van der Waals surface area contributed by atoms with Crippen molar-refractivity contribution in [1.82, 2.24) is 16.2 Å². The molecule has 0 atom stereocenters. The van der Waals surface area contributed by atoms with Gasteiger partial charge in [0.25, 0.3) is 11.8 Å². The SMILES string of the molecule is O=C(/C=C/c1cccs1)NNC(=O)CNC(=O)C1CCCCC1. The number of hydrogen-bond acceptors (Lipinski definition) is 4. The zero-order valence-corrected chi connectivity index (χ0v) is 13.7. The first-order chi connectivity index (χ1) is 11.1. The second kappa shape index (κ2) is 9.09. The lowest BCUT2D eigenvalue weighted by Gasteiger charge is -2.20. The molecule has 0 bridgehead atoms. The summed E-state index contributed by atoms with van der Waals surface area (Å²) in [6.07, 6.45) is 8.09. The Bertz CT molecular complexity index is 563. The molecule has 0 spiro atoms. The Hall–Kier alpha value is -2.15. The van der Waals surface area contributed by atoms with Gasteiger partial charge in [-0.2, -0.15) is 0 Å². The average Bonchev–Trinajstić information content (AvgIpc) is 3.10. The molecule has 1 fully saturated rings. The molecule has 1 heterocycles. The van der Waals surface area contributed by atoms with Crippen LogP contribution in [0.1, 0.15) is 37.0 Å². The summed E-state index contributed by atoms with van der Waals surface area (Å²) in [4.78, 5) is 36.0. The van der Waals surface area contributed by atoms with E-state index in [1.807, 2.05) is 17.5 Å². The fraction of sp³-hybridized carbons (Fsp3) is 0.438. The first-order valence-electron chi connectivity index (χ1n) is 7.73. The summed E-state index contributed by atoms with van der Waals surface area (Å²) in [5.74, 6) is -0.943. The molecule has 23 heavy (non-hydrogen) atoms. The van der Waals surface area contributed by atoms with Gasteiger partial charge in [-0.1, -0.05) is 25.3 Å². The molecule has 0 radical (unpaired) electrons. The van der Waals surface area contributed by atoms with E-state index in [0.717, 1.165) is 30.6 Å². The average molecular weight is 335 g/mol. The Morgan fingerprint density at radius 1 is 1.17 bits per heavy atom. The molecule has 3 amide bonds. The molecule has 0 aliphatic heterocycles. The highest BCUT2D eigenvalue weighted by Gasteiger charge is 2.21. The third-order valence-electron chi connectivity index (χ3n) is 3.67. The molecule has 3 N–H and O–H groups in total. The molecule has 1 saturated carbocycles. The smallest absolute Gasteiger partial charge is 0.262 e. The van der Waals surface area contributed by atoms with Crippen LogP contribution in [0, 0.1) is 5.92 Å². The van der Waals surface area contributed by atoms with E-state index in [9.17, 15) is 14.4 Å². The standard InChI is InChI=1S/C16H21N3O3S/c20-14(9-8-13-7-4-10-23-13)18-19-15(21)11-17-16(22)12-5-2-1-3-6-12/h4,7-10,12H,1-3,5-6,11H2,(H,17,22)(H,18,20)(H,19,21)/b9-8+. The summed E-state index contributed by atoms with van der Waals surface area (Å²) in [6.45, 7) is -0.135. The summed E-state index contributed by atoms with van der Waals surface area (Å²) >= 11 is 1.51. The minimum absolute atomic E-state index is 0.0138. The number of carbonyl (C=O) groups is 3. The zero-order chi connectivity index (χ0) is 16.5. The lowest BCUT2D eigenvalue weighted by atomic mass is 9.89. The number of carbonyl (C=O) groups excluding carboxylic acids is 3. The first kappa shape index (κ1) is 17.2. The maximum Gasteiger partial charge on any atom is 0.262 e. The first-order valence-corrected chi connectivity index (χ1v) is 8.61. The van der Waals surface area contributed by atoms with Gasteiger partial charge in [0.2, 0.25) is 5.91 Å². The number of nitrogens with one attached hydrogen (secondary N) is 3. The van der Waals surface area contributed by atoms with Gasteiger partial charge in [0, 0.05) is 16.9 Å². The number of thiophene rings is 1. The van der Waals surface area contributed by atoms with Gasteiger partial charge in [-0.25, -0.2) is 0 Å². The lowest BCUT2D eigenvalue weighted by Crippen LogP contribution is -2.46. The van der Waals surface area contributed by atoms with E-state index < -0.39 is 11.8 Å². The van der Waals surface area contributed by atoms with Crippen LogP contribution >= 0.6 is 11.3 Å². The van der Waals surface area contributed by atoms with Crippen molar-refractivity contribution in [3.05, 3.63) is 28.5 Å². The fourth-order valence-corrected chi connectivity index (χ4v) is 3.06. The van der Waals surface area contributed by atoms with Gasteiger partial charge in [0.15, 0.2) is 0 Å². The van der Waals surface area contributed by atoms with Gasteiger partial charge in [-0.15, -0.1) is 11.3 Å². The minimum Gasteiger partial charge on any atom is -0.347 e. The zero-order valence-electron chi connectivity index (χ0n) is 12.8. The van der Waals surface area contributed by atoms with Crippen molar-refractivity contribution in [2.45, 2.75) is 32.1 Å². The van der Waals surface area contributed by atoms with Gasteiger partial charge >= 0.3 is 0 Å².